The number of nitrogens with zero attached hydrogens (tertiary/aromatic N) is 1. The third kappa shape index (κ3) is 2.22. The maximum Gasteiger partial charge on any atom is -0.00189 e. The minimum Gasteiger partial charge on any atom is -0.306 e. The van der Waals surface area contributed by atoms with Crippen molar-refractivity contribution in [3.8, 4) is 0 Å². The summed E-state index contributed by atoms with van der Waals surface area (Å²) in [5, 5.41) is 0. The Morgan fingerprint density at radius 3 is 2.17 bits per heavy atom. The van der Waals surface area contributed by atoms with E-state index in [1.807, 2.05) is 0 Å². The molecule has 72 valence electrons. The minimum absolute atomic E-state index is 0.571. The predicted octanol–water partition coefficient (Wildman–Crippen LogP) is 2.76. The Labute approximate surface area is 77.1 Å². The molecule has 1 aliphatic heterocycles. The van der Waals surface area contributed by atoms with Crippen LogP contribution in [0.1, 0.15) is 40.0 Å². The van der Waals surface area contributed by atoms with Gasteiger partial charge in [0.15, 0.2) is 0 Å². The molecule has 0 bridgehead atoms. The first kappa shape index (κ1) is 10.0. The van der Waals surface area contributed by atoms with Crippen LogP contribution in [0, 0.1) is 11.3 Å². The highest BCUT2D eigenvalue weighted by molar-refractivity contribution is 4.81. The van der Waals surface area contributed by atoms with Crippen molar-refractivity contribution in [3.63, 3.8) is 0 Å². The van der Waals surface area contributed by atoms with Crippen molar-refractivity contribution in [3.05, 3.63) is 0 Å². The molecule has 0 saturated carbocycles. The molecule has 0 atom stereocenters. The quantitative estimate of drug-likeness (QED) is 0.614. The zero-order chi connectivity index (χ0) is 9.19. The monoisotopic (exact) mass is 169 g/mol. The Hall–Kier alpha value is -0.0400. The Bertz CT molecular complexity index is 132. The van der Waals surface area contributed by atoms with E-state index in [1.165, 1.54) is 32.4 Å². The van der Waals surface area contributed by atoms with Gasteiger partial charge in [0, 0.05) is 0 Å². The standard InChI is InChI=1S/C11H23N/c1-5-11(2,3)10-6-8-12(4)9-7-10/h10H,5-9H2,1-4H3. The van der Waals surface area contributed by atoms with E-state index in [-0.39, 0.29) is 0 Å². The smallest absolute Gasteiger partial charge is 0.00189 e. The van der Waals surface area contributed by atoms with Crippen molar-refractivity contribution in [2.75, 3.05) is 20.1 Å². The fourth-order valence-corrected chi connectivity index (χ4v) is 2.08. The summed E-state index contributed by atoms with van der Waals surface area (Å²) in [6.07, 6.45) is 4.12. The van der Waals surface area contributed by atoms with Crippen LogP contribution >= 0.6 is 0 Å². The van der Waals surface area contributed by atoms with Crippen LogP contribution < -0.4 is 0 Å². The first-order valence-electron chi connectivity index (χ1n) is 5.25. The topological polar surface area (TPSA) is 3.24 Å². The zero-order valence-electron chi connectivity index (χ0n) is 9.06. The van der Waals surface area contributed by atoms with Crippen molar-refractivity contribution in [2.45, 2.75) is 40.0 Å². The molecular formula is C11H23N. The molecule has 12 heavy (non-hydrogen) atoms. The van der Waals surface area contributed by atoms with Gasteiger partial charge in [-0.2, -0.15) is 0 Å². The Morgan fingerprint density at radius 1 is 1.25 bits per heavy atom. The molecule has 0 aromatic heterocycles. The second kappa shape index (κ2) is 3.78. The van der Waals surface area contributed by atoms with E-state index in [2.05, 4.69) is 32.7 Å². The van der Waals surface area contributed by atoms with E-state index >= 15 is 0 Å². The molecule has 1 heteroatoms. The molecule has 0 unspecified atom stereocenters. The summed E-state index contributed by atoms with van der Waals surface area (Å²) in [5.41, 5.74) is 0.571. The van der Waals surface area contributed by atoms with Crippen LogP contribution in [0.4, 0.5) is 0 Å². The van der Waals surface area contributed by atoms with Gasteiger partial charge >= 0.3 is 0 Å². The highest BCUT2D eigenvalue weighted by Crippen LogP contribution is 2.36. The highest BCUT2D eigenvalue weighted by atomic mass is 15.1. The molecule has 0 spiro atoms. The summed E-state index contributed by atoms with van der Waals surface area (Å²) >= 11 is 0. The third-order valence-electron chi connectivity index (χ3n) is 3.73. The van der Waals surface area contributed by atoms with E-state index < -0.39 is 0 Å². The van der Waals surface area contributed by atoms with E-state index in [0.29, 0.717) is 5.41 Å². The Kier molecular flexibility index (Phi) is 3.16. The minimum atomic E-state index is 0.571. The Balaban J connectivity index is 2.44. The lowest BCUT2D eigenvalue weighted by Gasteiger charge is -2.39. The molecule has 1 rings (SSSR count). The van der Waals surface area contributed by atoms with E-state index in [9.17, 15) is 0 Å². The van der Waals surface area contributed by atoms with Crippen LogP contribution in [-0.4, -0.2) is 25.0 Å². The molecule has 1 heterocycles. The molecule has 0 N–H and O–H groups in total. The zero-order valence-corrected chi connectivity index (χ0v) is 9.06. The normalized spacial score (nSPS) is 23.0. The first-order valence-corrected chi connectivity index (χ1v) is 5.25. The summed E-state index contributed by atoms with van der Waals surface area (Å²) in [7, 11) is 2.23. The molecule has 1 fully saturated rings. The van der Waals surface area contributed by atoms with Gasteiger partial charge in [0.1, 0.15) is 0 Å². The maximum atomic E-state index is 2.45. The number of rotatable bonds is 2. The predicted molar refractivity (Wildman–Crippen MR) is 54.3 cm³/mol. The molecule has 1 saturated heterocycles. The van der Waals surface area contributed by atoms with Crippen molar-refractivity contribution >= 4 is 0 Å². The average molecular weight is 169 g/mol. The van der Waals surface area contributed by atoms with Crippen LogP contribution in [0.25, 0.3) is 0 Å². The summed E-state index contributed by atoms with van der Waals surface area (Å²) < 4.78 is 0. The molecule has 0 aromatic carbocycles. The molecule has 1 nitrogen and oxygen atoms in total. The van der Waals surface area contributed by atoms with Crippen LogP contribution in [0.2, 0.25) is 0 Å². The average Bonchev–Trinajstić information content (AvgIpc) is 2.05. The van der Waals surface area contributed by atoms with Gasteiger partial charge in [-0.05, 0) is 44.3 Å². The van der Waals surface area contributed by atoms with Crippen molar-refractivity contribution in [2.24, 2.45) is 11.3 Å². The van der Waals surface area contributed by atoms with E-state index in [1.54, 1.807) is 0 Å². The van der Waals surface area contributed by atoms with Crippen molar-refractivity contribution in [1.29, 1.82) is 0 Å². The van der Waals surface area contributed by atoms with Gasteiger partial charge in [-0.15, -0.1) is 0 Å². The van der Waals surface area contributed by atoms with Gasteiger partial charge in [-0.3, -0.25) is 0 Å². The van der Waals surface area contributed by atoms with Crippen LogP contribution in [0.3, 0.4) is 0 Å². The lowest BCUT2D eigenvalue weighted by molar-refractivity contribution is 0.111. The van der Waals surface area contributed by atoms with Gasteiger partial charge in [0.2, 0.25) is 0 Å². The number of hydrogen-bond acceptors (Lipinski definition) is 1. The summed E-state index contributed by atoms with van der Waals surface area (Å²) in [6.45, 7) is 9.76. The number of likely N-dealkylation sites (tertiary alicyclic amines) is 1. The van der Waals surface area contributed by atoms with E-state index in [4.69, 9.17) is 0 Å². The Morgan fingerprint density at radius 2 is 1.75 bits per heavy atom. The van der Waals surface area contributed by atoms with Gasteiger partial charge in [-0.25, -0.2) is 0 Å². The molecule has 0 radical (unpaired) electrons. The molecule has 0 aromatic rings. The fourth-order valence-electron chi connectivity index (χ4n) is 2.08. The summed E-state index contributed by atoms with van der Waals surface area (Å²) in [6, 6.07) is 0. The first-order chi connectivity index (χ1) is 5.56. The second-order valence-electron chi connectivity index (χ2n) is 4.92. The van der Waals surface area contributed by atoms with Crippen LogP contribution in [-0.2, 0) is 0 Å². The lowest BCUT2D eigenvalue weighted by Crippen LogP contribution is -2.36. The maximum absolute atomic E-state index is 2.45. The highest BCUT2D eigenvalue weighted by Gasteiger charge is 2.29. The van der Waals surface area contributed by atoms with Crippen LogP contribution in [0.5, 0.6) is 0 Å². The molecule has 1 aliphatic rings. The van der Waals surface area contributed by atoms with Gasteiger partial charge in [0.25, 0.3) is 0 Å². The van der Waals surface area contributed by atoms with Crippen molar-refractivity contribution in [1.82, 2.24) is 4.90 Å². The summed E-state index contributed by atoms with van der Waals surface area (Å²) in [5.74, 6) is 0.957. The second-order valence-corrected chi connectivity index (χ2v) is 4.92. The lowest BCUT2D eigenvalue weighted by atomic mass is 9.72. The van der Waals surface area contributed by atoms with Gasteiger partial charge in [0.05, 0.1) is 0 Å². The van der Waals surface area contributed by atoms with Crippen molar-refractivity contribution < 1.29 is 0 Å². The van der Waals surface area contributed by atoms with Crippen LogP contribution in [0.15, 0.2) is 0 Å². The SMILES string of the molecule is CCC(C)(C)C1CCN(C)CC1. The molecular weight excluding hydrogens is 146 g/mol. The third-order valence-corrected chi connectivity index (χ3v) is 3.73. The largest absolute Gasteiger partial charge is 0.306 e. The van der Waals surface area contributed by atoms with Gasteiger partial charge < -0.3 is 4.90 Å². The summed E-state index contributed by atoms with van der Waals surface area (Å²) in [4.78, 5) is 2.45. The number of hydrogen-bond donors (Lipinski definition) is 0. The number of piperidine rings is 1. The fraction of sp³-hybridized carbons (Fsp3) is 1.00. The molecule has 0 amide bonds. The van der Waals surface area contributed by atoms with E-state index in [0.717, 1.165) is 5.92 Å². The van der Waals surface area contributed by atoms with Gasteiger partial charge in [-0.1, -0.05) is 27.2 Å². The molecule has 0 aliphatic carbocycles.